The van der Waals surface area contributed by atoms with Gasteiger partial charge < -0.3 is 0 Å². The highest BCUT2D eigenvalue weighted by Gasteiger charge is 2.08. The molecule has 0 amide bonds. The molecular weight excluding hydrogens is 280 g/mol. The average Bonchev–Trinajstić information content (AvgIpc) is 2.39. The molecule has 0 aliphatic rings. The van der Waals surface area contributed by atoms with Gasteiger partial charge in [0.2, 0.25) is 0 Å². The van der Waals surface area contributed by atoms with Crippen molar-refractivity contribution in [1.29, 1.82) is 0 Å². The second-order valence-corrected chi connectivity index (χ2v) is 6.99. The topological polar surface area (TPSA) is 34.1 Å². The Kier molecular flexibility index (Phi) is 4.61. The molecule has 0 saturated carbocycles. The minimum atomic E-state index is -3.61. The van der Waals surface area contributed by atoms with Crippen LogP contribution in [0.4, 0.5) is 0 Å². The van der Waals surface area contributed by atoms with Crippen LogP contribution in [0.3, 0.4) is 0 Å². The van der Waals surface area contributed by atoms with E-state index in [1.165, 1.54) is 5.56 Å². The summed E-state index contributed by atoms with van der Waals surface area (Å²) in [6.07, 6.45) is 2.99. The highest BCUT2D eigenvalue weighted by molar-refractivity contribution is 8.13. The lowest BCUT2D eigenvalue weighted by atomic mass is 10.0. The van der Waals surface area contributed by atoms with Gasteiger partial charge in [0.05, 0.1) is 4.90 Å². The van der Waals surface area contributed by atoms with Gasteiger partial charge in [-0.2, -0.15) is 0 Å². The van der Waals surface area contributed by atoms with Crippen LogP contribution >= 0.6 is 10.7 Å². The van der Waals surface area contributed by atoms with Crippen molar-refractivity contribution >= 4 is 19.7 Å². The molecule has 2 aromatic rings. The van der Waals surface area contributed by atoms with Crippen molar-refractivity contribution in [3.63, 3.8) is 0 Å². The molecule has 0 aromatic heterocycles. The molecule has 2 nitrogen and oxygen atoms in total. The minimum absolute atomic E-state index is 0.154. The molecule has 0 bridgehead atoms. The van der Waals surface area contributed by atoms with Gasteiger partial charge in [-0.15, -0.1) is 0 Å². The van der Waals surface area contributed by atoms with Crippen LogP contribution in [0, 0.1) is 0 Å². The third-order valence-electron chi connectivity index (χ3n) is 2.98. The Hall–Kier alpha value is -1.32. The molecule has 0 atom stereocenters. The van der Waals surface area contributed by atoms with Crippen LogP contribution in [-0.2, 0) is 21.9 Å². The van der Waals surface area contributed by atoms with Gasteiger partial charge in [0.1, 0.15) is 0 Å². The summed E-state index contributed by atoms with van der Waals surface area (Å²) in [7, 11) is 1.66. The van der Waals surface area contributed by atoms with Gasteiger partial charge in [0.25, 0.3) is 9.05 Å². The summed E-state index contributed by atoms with van der Waals surface area (Å²) in [6.45, 7) is 0. The Morgan fingerprint density at radius 1 is 0.789 bits per heavy atom. The first-order valence-corrected chi connectivity index (χ1v) is 8.44. The number of benzene rings is 2. The predicted octanol–water partition coefficient (Wildman–Crippen LogP) is 3.79. The maximum Gasteiger partial charge on any atom is 0.261 e. The van der Waals surface area contributed by atoms with E-state index in [1.54, 1.807) is 12.1 Å². The molecule has 0 unspecified atom stereocenters. The van der Waals surface area contributed by atoms with Gasteiger partial charge in [-0.05, 0) is 42.5 Å². The molecule has 0 spiro atoms. The summed E-state index contributed by atoms with van der Waals surface area (Å²) in [5.74, 6) is 0. The quantitative estimate of drug-likeness (QED) is 0.786. The molecule has 0 fully saturated rings. The van der Waals surface area contributed by atoms with Gasteiger partial charge in [0, 0.05) is 10.7 Å². The molecule has 4 heteroatoms. The lowest BCUT2D eigenvalue weighted by Crippen LogP contribution is -1.93. The first-order valence-electron chi connectivity index (χ1n) is 6.13. The van der Waals surface area contributed by atoms with Crippen LogP contribution < -0.4 is 0 Å². The third-order valence-corrected chi connectivity index (χ3v) is 4.35. The standard InChI is InChI=1S/C15H15ClO2S/c16-19(17,18)15-11-9-14(10-12-15)8-4-7-13-5-2-1-3-6-13/h1-3,5-6,9-12H,4,7-8H2. The van der Waals surface area contributed by atoms with Gasteiger partial charge in [-0.3, -0.25) is 0 Å². The zero-order chi connectivity index (χ0) is 13.7. The van der Waals surface area contributed by atoms with E-state index in [0.717, 1.165) is 24.8 Å². The maximum atomic E-state index is 11.1. The molecule has 100 valence electrons. The molecule has 0 aliphatic carbocycles. The van der Waals surface area contributed by atoms with E-state index in [1.807, 2.05) is 30.3 Å². The van der Waals surface area contributed by atoms with E-state index in [0.29, 0.717) is 0 Å². The van der Waals surface area contributed by atoms with Crippen molar-refractivity contribution in [1.82, 2.24) is 0 Å². The summed E-state index contributed by atoms with van der Waals surface area (Å²) < 4.78 is 22.2. The summed E-state index contributed by atoms with van der Waals surface area (Å²) in [5, 5.41) is 0. The number of hydrogen-bond acceptors (Lipinski definition) is 2. The van der Waals surface area contributed by atoms with E-state index in [2.05, 4.69) is 12.1 Å². The molecule has 19 heavy (non-hydrogen) atoms. The minimum Gasteiger partial charge on any atom is -0.207 e. The Morgan fingerprint density at radius 2 is 1.32 bits per heavy atom. The maximum absolute atomic E-state index is 11.1. The first-order chi connectivity index (χ1) is 9.05. The monoisotopic (exact) mass is 294 g/mol. The molecule has 0 saturated heterocycles. The largest absolute Gasteiger partial charge is 0.261 e. The fourth-order valence-electron chi connectivity index (χ4n) is 1.96. The van der Waals surface area contributed by atoms with Gasteiger partial charge >= 0.3 is 0 Å². The van der Waals surface area contributed by atoms with Crippen LogP contribution in [0.2, 0.25) is 0 Å². The van der Waals surface area contributed by atoms with Crippen molar-refractivity contribution < 1.29 is 8.42 Å². The summed E-state index contributed by atoms with van der Waals surface area (Å²) in [5.41, 5.74) is 2.45. The molecule has 0 N–H and O–H groups in total. The van der Waals surface area contributed by atoms with Crippen LogP contribution in [-0.4, -0.2) is 8.42 Å². The smallest absolute Gasteiger partial charge is 0.207 e. The number of halogens is 1. The highest BCUT2D eigenvalue weighted by Crippen LogP contribution is 2.16. The summed E-state index contributed by atoms with van der Waals surface area (Å²) in [6, 6.07) is 17.1. The Morgan fingerprint density at radius 3 is 1.84 bits per heavy atom. The molecule has 2 aromatic carbocycles. The average molecular weight is 295 g/mol. The van der Waals surface area contributed by atoms with Crippen molar-refractivity contribution in [3.8, 4) is 0 Å². The highest BCUT2D eigenvalue weighted by atomic mass is 35.7. The van der Waals surface area contributed by atoms with E-state index >= 15 is 0 Å². The Bertz CT molecular complexity index is 619. The SMILES string of the molecule is O=S(=O)(Cl)c1ccc(CCCc2ccccc2)cc1. The van der Waals surface area contributed by atoms with Crippen molar-refractivity contribution in [2.24, 2.45) is 0 Å². The van der Waals surface area contributed by atoms with E-state index in [-0.39, 0.29) is 4.90 Å². The van der Waals surface area contributed by atoms with Crippen LogP contribution in [0.5, 0.6) is 0 Å². The molecule has 0 heterocycles. The van der Waals surface area contributed by atoms with Gasteiger partial charge in [0.15, 0.2) is 0 Å². The fourth-order valence-corrected chi connectivity index (χ4v) is 2.73. The Balaban J connectivity index is 1.90. The molecule has 0 aliphatic heterocycles. The van der Waals surface area contributed by atoms with E-state index < -0.39 is 9.05 Å². The first kappa shape index (κ1) is 14.1. The molecule has 0 radical (unpaired) electrons. The predicted molar refractivity (Wildman–Crippen MR) is 77.9 cm³/mol. The third kappa shape index (κ3) is 4.37. The second-order valence-electron chi connectivity index (χ2n) is 4.42. The van der Waals surface area contributed by atoms with E-state index in [9.17, 15) is 8.42 Å². The van der Waals surface area contributed by atoms with Crippen LogP contribution in [0.25, 0.3) is 0 Å². The van der Waals surface area contributed by atoms with Crippen LogP contribution in [0.1, 0.15) is 17.5 Å². The fraction of sp³-hybridized carbons (Fsp3) is 0.200. The molecular formula is C15H15ClO2S. The normalized spacial score (nSPS) is 11.4. The van der Waals surface area contributed by atoms with Crippen molar-refractivity contribution in [2.45, 2.75) is 24.2 Å². The number of rotatable bonds is 5. The van der Waals surface area contributed by atoms with Gasteiger partial charge in [-0.25, -0.2) is 8.42 Å². The lowest BCUT2D eigenvalue weighted by molar-refractivity contribution is 0.609. The summed E-state index contributed by atoms with van der Waals surface area (Å²) >= 11 is 0. The van der Waals surface area contributed by atoms with Crippen molar-refractivity contribution in [3.05, 3.63) is 65.7 Å². The summed E-state index contributed by atoms with van der Waals surface area (Å²) in [4.78, 5) is 0.154. The van der Waals surface area contributed by atoms with Crippen molar-refractivity contribution in [2.75, 3.05) is 0 Å². The number of aryl methyl sites for hydroxylation is 2. The second kappa shape index (κ2) is 6.22. The zero-order valence-electron chi connectivity index (χ0n) is 10.4. The molecule has 2 rings (SSSR count). The Labute approximate surface area is 118 Å². The lowest BCUT2D eigenvalue weighted by Gasteiger charge is -2.03. The zero-order valence-corrected chi connectivity index (χ0v) is 12.0. The number of hydrogen-bond donors (Lipinski definition) is 0. The van der Waals surface area contributed by atoms with Gasteiger partial charge in [-0.1, -0.05) is 42.5 Å². The van der Waals surface area contributed by atoms with Crippen LogP contribution in [0.15, 0.2) is 59.5 Å². The van der Waals surface area contributed by atoms with E-state index in [4.69, 9.17) is 10.7 Å².